The van der Waals surface area contributed by atoms with Crippen molar-refractivity contribution in [3.05, 3.63) is 56.1 Å². The molecule has 0 saturated carbocycles. The zero-order valence-electron chi connectivity index (χ0n) is 9.84. The Labute approximate surface area is 108 Å². The number of aromatic nitrogens is 1. The largest absolute Gasteiger partial charge is 0.311 e. The minimum Gasteiger partial charge on any atom is -0.311 e. The Kier molecular flexibility index (Phi) is 3.59. The Morgan fingerprint density at radius 2 is 2.28 bits per heavy atom. The van der Waals surface area contributed by atoms with Gasteiger partial charge < -0.3 is 4.57 Å². The zero-order valence-corrected chi connectivity index (χ0v) is 10.7. The molecule has 18 heavy (non-hydrogen) atoms. The van der Waals surface area contributed by atoms with Crippen molar-refractivity contribution in [2.24, 2.45) is 5.84 Å². The summed E-state index contributed by atoms with van der Waals surface area (Å²) in [5, 5.41) is 1.81. The Bertz CT molecular complexity index is 630. The second-order valence-electron chi connectivity index (χ2n) is 3.87. The number of nitrogens with two attached hydrogens (primary N) is 1. The predicted octanol–water partition coefficient (Wildman–Crippen LogP) is 0.870. The van der Waals surface area contributed by atoms with E-state index < -0.39 is 0 Å². The molecular weight excluding hydrogens is 250 g/mol. The highest BCUT2D eigenvalue weighted by Crippen LogP contribution is 2.17. The molecule has 0 aliphatic carbocycles. The van der Waals surface area contributed by atoms with E-state index in [0.717, 1.165) is 5.56 Å². The summed E-state index contributed by atoms with van der Waals surface area (Å²) in [4.78, 5) is 23.9. The van der Waals surface area contributed by atoms with Gasteiger partial charge in [-0.15, -0.1) is 11.3 Å². The van der Waals surface area contributed by atoms with Crippen molar-refractivity contribution in [3.8, 4) is 0 Å². The summed E-state index contributed by atoms with van der Waals surface area (Å²) in [6.45, 7) is 2.13. The summed E-state index contributed by atoms with van der Waals surface area (Å²) in [6.07, 6.45) is 1.71. The molecule has 0 aromatic carbocycles. The number of nitrogens with one attached hydrogen (secondary N) is 1. The number of hydrazine groups is 1. The van der Waals surface area contributed by atoms with E-state index in [1.54, 1.807) is 29.1 Å². The van der Waals surface area contributed by atoms with E-state index >= 15 is 0 Å². The van der Waals surface area contributed by atoms with Crippen LogP contribution in [0.5, 0.6) is 0 Å². The van der Waals surface area contributed by atoms with Gasteiger partial charge in [0.25, 0.3) is 11.5 Å². The van der Waals surface area contributed by atoms with Gasteiger partial charge in [-0.05, 0) is 30.0 Å². The Balaban J connectivity index is 2.35. The van der Waals surface area contributed by atoms with Gasteiger partial charge in [-0.3, -0.25) is 15.0 Å². The fraction of sp³-hybridized carbons (Fsp3) is 0.167. The van der Waals surface area contributed by atoms with Gasteiger partial charge in [0, 0.05) is 11.8 Å². The van der Waals surface area contributed by atoms with Gasteiger partial charge in [0.05, 0.1) is 11.4 Å². The molecule has 0 fully saturated rings. The molecule has 2 aromatic heterocycles. The van der Waals surface area contributed by atoms with Crippen LogP contribution in [-0.4, -0.2) is 10.5 Å². The first-order valence-corrected chi connectivity index (χ1v) is 6.25. The third-order valence-corrected chi connectivity index (χ3v) is 3.59. The van der Waals surface area contributed by atoms with E-state index in [4.69, 9.17) is 5.84 Å². The number of nitrogens with zero attached hydrogens (tertiary/aromatic N) is 1. The molecule has 2 rings (SSSR count). The number of thiophene rings is 1. The molecule has 5 nitrogen and oxygen atoms in total. The number of aryl methyl sites for hydroxylation is 1. The summed E-state index contributed by atoms with van der Waals surface area (Å²) in [5.41, 5.74) is 3.52. The quantitative estimate of drug-likeness (QED) is 0.490. The molecule has 3 N–H and O–H groups in total. The van der Waals surface area contributed by atoms with Gasteiger partial charge in [0.2, 0.25) is 0 Å². The Hall–Kier alpha value is -1.92. The number of nitrogen functional groups attached to an aromatic ring is 1. The lowest BCUT2D eigenvalue weighted by atomic mass is 10.2. The number of pyridine rings is 1. The average molecular weight is 263 g/mol. The number of carbonyl (C=O) groups is 1. The second-order valence-corrected chi connectivity index (χ2v) is 4.79. The highest BCUT2D eigenvalue weighted by molar-refractivity contribution is 7.12. The van der Waals surface area contributed by atoms with Gasteiger partial charge in [-0.1, -0.05) is 6.07 Å². The normalized spacial score (nSPS) is 10.3. The van der Waals surface area contributed by atoms with Crippen molar-refractivity contribution in [3.63, 3.8) is 0 Å². The molecule has 0 unspecified atom stereocenters. The minimum absolute atomic E-state index is 0.0530. The lowest BCUT2D eigenvalue weighted by Crippen LogP contribution is -2.30. The van der Waals surface area contributed by atoms with E-state index in [2.05, 4.69) is 5.43 Å². The molecule has 0 radical (unpaired) electrons. The van der Waals surface area contributed by atoms with Gasteiger partial charge in [0.1, 0.15) is 0 Å². The average Bonchev–Trinajstić information content (AvgIpc) is 2.82. The first-order chi connectivity index (χ1) is 8.63. The van der Waals surface area contributed by atoms with Crippen LogP contribution >= 0.6 is 11.3 Å². The number of hydrogen-bond donors (Lipinski definition) is 2. The maximum Gasteiger partial charge on any atom is 0.275 e. The molecule has 0 aliphatic rings. The highest BCUT2D eigenvalue weighted by atomic mass is 32.1. The molecule has 1 amide bonds. The van der Waals surface area contributed by atoms with E-state index in [0.29, 0.717) is 17.0 Å². The maximum atomic E-state index is 11.9. The molecular formula is C12H13N3O2S. The molecule has 94 valence electrons. The van der Waals surface area contributed by atoms with Crippen molar-refractivity contribution < 1.29 is 4.79 Å². The van der Waals surface area contributed by atoms with E-state index in [9.17, 15) is 9.59 Å². The van der Waals surface area contributed by atoms with Gasteiger partial charge >= 0.3 is 0 Å². The van der Waals surface area contributed by atoms with Gasteiger partial charge in [0.15, 0.2) is 0 Å². The molecule has 2 heterocycles. The topological polar surface area (TPSA) is 77.1 Å². The molecule has 0 aliphatic heterocycles. The molecule has 0 atom stereocenters. The van der Waals surface area contributed by atoms with E-state index in [1.807, 2.05) is 12.1 Å². The van der Waals surface area contributed by atoms with Crippen LogP contribution in [0.2, 0.25) is 0 Å². The lowest BCUT2D eigenvalue weighted by Gasteiger charge is -2.07. The molecule has 0 bridgehead atoms. The van der Waals surface area contributed by atoms with Crippen LogP contribution in [0.1, 0.15) is 20.8 Å². The zero-order chi connectivity index (χ0) is 13.1. The SMILES string of the molecule is Cc1cccn(Cc2ccsc2C(=O)NN)c1=O. The van der Waals surface area contributed by atoms with Crippen LogP contribution in [-0.2, 0) is 6.54 Å². The predicted molar refractivity (Wildman–Crippen MR) is 70.5 cm³/mol. The summed E-state index contributed by atoms with van der Waals surface area (Å²) in [6, 6.07) is 5.40. The number of hydrogen-bond acceptors (Lipinski definition) is 4. The van der Waals surface area contributed by atoms with Crippen LogP contribution in [0.4, 0.5) is 0 Å². The lowest BCUT2D eigenvalue weighted by molar-refractivity contribution is 0.0957. The fourth-order valence-electron chi connectivity index (χ4n) is 1.69. The van der Waals surface area contributed by atoms with Crippen LogP contribution in [0.3, 0.4) is 0 Å². The number of carbonyl (C=O) groups excluding carboxylic acids is 1. The Morgan fingerprint density at radius 1 is 1.50 bits per heavy atom. The molecule has 0 spiro atoms. The second kappa shape index (κ2) is 5.16. The molecule has 0 saturated heterocycles. The van der Waals surface area contributed by atoms with Crippen LogP contribution in [0, 0.1) is 6.92 Å². The maximum absolute atomic E-state index is 11.9. The summed E-state index contributed by atoms with van der Waals surface area (Å²) in [7, 11) is 0. The number of amides is 1. The monoisotopic (exact) mass is 263 g/mol. The third-order valence-electron chi connectivity index (χ3n) is 2.64. The third kappa shape index (κ3) is 2.34. The van der Waals surface area contributed by atoms with Crippen LogP contribution in [0.25, 0.3) is 0 Å². The highest BCUT2D eigenvalue weighted by Gasteiger charge is 2.12. The van der Waals surface area contributed by atoms with Crippen LogP contribution in [0.15, 0.2) is 34.6 Å². The number of rotatable bonds is 3. The standard InChI is InChI=1S/C12H13N3O2S/c1-8-3-2-5-15(12(8)17)7-9-4-6-18-10(9)11(16)14-13/h2-6H,7,13H2,1H3,(H,14,16). The van der Waals surface area contributed by atoms with E-state index in [1.165, 1.54) is 11.3 Å². The first-order valence-electron chi connectivity index (χ1n) is 5.37. The van der Waals surface area contributed by atoms with Crippen molar-refractivity contribution in [1.29, 1.82) is 0 Å². The summed E-state index contributed by atoms with van der Waals surface area (Å²) in [5.74, 6) is 4.79. The summed E-state index contributed by atoms with van der Waals surface area (Å²) < 4.78 is 1.57. The first kappa shape index (κ1) is 12.5. The van der Waals surface area contributed by atoms with Crippen molar-refractivity contribution in [2.45, 2.75) is 13.5 Å². The fourth-order valence-corrected chi connectivity index (χ4v) is 2.51. The van der Waals surface area contributed by atoms with Crippen molar-refractivity contribution in [1.82, 2.24) is 9.99 Å². The van der Waals surface area contributed by atoms with Crippen molar-refractivity contribution >= 4 is 17.2 Å². The van der Waals surface area contributed by atoms with Gasteiger partial charge in [-0.2, -0.15) is 0 Å². The Morgan fingerprint density at radius 3 is 3.00 bits per heavy atom. The van der Waals surface area contributed by atoms with Crippen molar-refractivity contribution in [2.75, 3.05) is 0 Å². The molecule has 6 heteroatoms. The van der Waals surface area contributed by atoms with E-state index in [-0.39, 0.29) is 11.5 Å². The van der Waals surface area contributed by atoms with Gasteiger partial charge in [-0.25, -0.2) is 5.84 Å². The summed E-state index contributed by atoms with van der Waals surface area (Å²) >= 11 is 1.30. The minimum atomic E-state index is -0.333. The van der Waals surface area contributed by atoms with Crippen LogP contribution < -0.4 is 16.8 Å². The smallest absolute Gasteiger partial charge is 0.275 e. The molecule has 2 aromatic rings.